The molecule has 0 amide bonds. The van der Waals surface area contributed by atoms with E-state index in [1.807, 2.05) is 0 Å². The van der Waals surface area contributed by atoms with Crippen LogP contribution in [0.5, 0.6) is 0 Å². The Morgan fingerprint density at radius 3 is 2.80 bits per heavy atom. The molecule has 1 aromatic carbocycles. The third-order valence-corrected chi connectivity index (χ3v) is 2.18. The molecule has 3 nitrogen and oxygen atoms in total. The molecule has 0 saturated carbocycles. The van der Waals surface area contributed by atoms with Crippen LogP contribution in [-0.4, -0.2) is 9.97 Å². The summed E-state index contributed by atoms with van der Waals surface area (Å²) in [7, 11) is 0. The van der Waals surface area contributed by atoms with E-state index in [1.54, 1.807) is 24.4 Å². The van der Waals surface area contributed by atoms with Gasteiger partial charge in [-0.2, -0.15) is 0 Å². The zero-order valence-corrected chi connectivity index (χ0v) is 8.02. The Morgan fingerprint density at radius 2 is 2.13 bits per heavy atom. The second-order valence-corrected chi connectivity index (χ2v) is 3.06. The maximum Gasteiger partial charge on any atom is 0.128 e. The van der Waals surface area contributed by atoms with E-state index in [0.717, 1.165) is 5.56 Å². The summed E-state index contributed by atoms with van der Waals surface area (Å²) in [6.07, 6.45) is 3.05. The fraction of sp³-hybridized carbons (Fsp3) is 0.0909. The molecule has 0 aliphatic heterocycles. The van der Waals surface area contributed by atoms with Crippen molar-refractivity contribution >= 4 is 0 Å². The van der Waals surface area contributed by atoms with Crippen molar-refractivity contribution < 1.29 is 4.39 Å². The molecule has 0 fully saturated rings. The number of nitrogens with two attached hydrogens (primary N) is 1. The van der Waals surface area contributed by atoms with Crippen molar-refractivity contribution in [3.05, 3.63) is 48.2 Å². The number of hydrogen-bond donors (Lipinski definition) is 1. The van der Waals surface area contributed by atoms with Gasteiger partial charge in [-0.3, -0.25) is 0 Å². The molecule has 0 radical (unpaired) electrons. The Hall–Kier alpha value is -1.81. The molecular formula is C11H10FN3. The topological polar surface area (TPSA) is 51.8 Å². The molecule has 2 N–H and O–H groups in total. The van der Waals surface area contributed by atoms with E-state index in [9.17, 15) is 4.39 Å². The van der Waals surface area contributed by atoms with Crippen LogP contribution in [0.4, 0.5) is 4.39 Å². The van der Waals surface area contributed by atoms with Crippen LogP contribution in [-0.2, 0) is 6.54 Å². The maximum atomic E-state index is 13.4. The summed E-state index contributed by atoms with van der Waals surface area (Å²) >= 11 is 0. The largest absolute Gasteiger partial charge is 0.326 e. The number of rotatable bonds is 2. The molecule has 15 heavy (non-hydrogen) atoms. The molecule has 4 heteroatoms. The summed E-state index contributed by atoms with van der Waals surface area (Å²) in [4.78, 5) is 7.88. The molecule has 0 bridgehead atoms. The van der Waals surface area contributed by atoms with E-state index in [2.05, 4.69) is 9.97 Å². The van der Waals surface area contributed by atoms with Gasteiger partial charge < -0.3 is 5.73 Å². The van der Waals surface area contributed by atoms with Crippen molar-refractivity contribution in [3.63, 3.8) is 0 Å². The highest BCUT2D eigenvalue weighted by Gasteiger charge is 2.08. The molecular weight excluding hydrogens is 193 g/mol. The van der Waals surface area contributed by atoms with Gasteiger partial charge in [-0.25, -0.2) is 14.4 Å². The molecule has 0 unspecified atom stereocenters. The summed E-state index contributed by atoms with van der Waals surface area (Å²) < 4.78 is 13.4. The van der Waals surface area contributed by atoms with Gasteiger partial charge in [0.15, 0.2) is 0 Å². The minimum absolute atomic E-state index is 0.159. The van der Waals surface area contributed by atoms with E-state index in [0.29, 0.717) is 11.3 Å². The van der Waals surface area contributed by atoms with Crippen LogP contribution < -0.4 is 5.73 Å². The van der Waals surface area contributed by atoms with Crippen molar-refractivity contribution in [2.75, 3.05) is 0 Å². The zero-order valence-electron chi connectivity index (χ0n) is 8.02. The Labute approximate surface area is 86.8 Å². The standard InChI is InChI=1S/C11H10FN3/c12-10-3-1-2-8(9(10)6-13)11-4-5-14-7-15-11/h1-5,7H,6,13H2. The first-order chi connectivity index (χ1) is 7.33. The van der Waals surface area contributed by atoms with Gasteiger partial charge in [0.1, 0.15) is 12.1 Å². The summed E-state index contributed by atoms with van der Waals surface area (Å²) in [5, 5.41) is 0. The van der Waals surface area contributed by atoms with Crippen molar-refractivity contribution in [2.45, 2.75) is 6.54 Å². The Bertz CT molecular complexity index is 457. The molecule has 0 spiro atoms. The van der Waals surface area contributed by atoms with Gasteiger partial charge in [0.05, 0.1) is 5.69 Å². The fourth-order valence-electron chi connectivity index (χ4n) is 1.46. The van der Waals surface area contributed by atoms with Crippen molar-refractivity contribution in [3.8, 4) is 11.3 Å². The van der Waals surface area contributed by atoms with E-state index >= 15 is 0 Å². The Balaban J connectivity index is 2.58. The molecule has 1 aromatic heterocycles. The quantitative estimate of drug-likeness (QED) is 0.808. The highest BCUT2D eigenvalue weighted by Crippen LogP contribution is 2.22. The molecule has 2 rings (SSSR count). The average molecular weight is 203 g/mol. The van der Waals surface area contributed by atoms with Crippen LogP contribution in [0.25, 0.3) is 11.3 Å². The van der Waals surface area contributed by atoms with Gasteiger partial charge in [0.2, 0.25) is 0 Å². The monoisotopic (exact) mass is 203 g/mol. The third kappa shape index (κ3) is 1.85. The predicted octanol–water partition coefficient (Wildman–Crippen LogP) is 1.74. The molecule has 1 heterocycles. The lowest BCUT2D eigenvalue weighted by Gasteiger charge is -2.07. The lowest BCUT2D eigenvalue weighted by molar-refractivity contribution is 0.611. The van der Waals surface area contributed by atoms with Crippen molar-refractivity contribution in [2.24, 2.45) is 5.73 Å². The third-order valence-electron chi connectivity index (χ3n) is 2.18. The molecule has 0 saturated heterocycles. The van der Waals surface area contributed by atoms with Crippen LogP contribution in [0.15, 0.2) is 36.8 Å². The molecule has 0 atom stereocenters. The predicted molar refractivity (Wildman–Crippen MR) is 55.3 cm³/mol. The first-order valence-corrected chi connectivity index (χ1v) is 4.57. The summed E-state index contributed by atoms with van der Waals surface area (Å²) in [5.74, 6) is -0.298. The van der Waals surface area contributed by atoms with Crippen LogP contribution in [0.3, 0.4) is 0 Å². The van der Waals surface area contributed by atoms with Crippen LogP contribution in [0, 0.1) is 5.82 Å². The highest BCUT2D eigenvalue weighted by molar-refractivity contribution is 5.63. The van der Waals surface area contributed by atoms with Crippen LogP contribution in [0.2, 0.25) is 0 Å². The second kappa shape index (κ2) is 4.14. The van der Waals surface area contributed by atoms with E-state index in [-0.39, 0.29) is 12.4 Å². The maximum absolute atomic E-state index is 13.4. The normalized spacial score (nSPS) is 10.3. The van der Waals surface area contributed by atoms with E-state index in [4.69, 9.17) is 5.73 Å². The van der Waals surface area contributed by atoms with Crippen LogP contribution in [0.1, 0.15) is 5.56 Å². The lowest BCUT2D eigenvalue weighted by Crippen LogP contribution is -2.02. The van der Waals surface area contributed by atoms with Gasteiger partial charge in [0.25, 0.3) is 0 Å². The zero-order chi connectivity index (χ0) is 10.7. The number of aromatic nitrogens is 2. The first kappa shape index (κ1) is 9.73. The smallest absolute Gasteiger partial charge is 0.128 e. The second-order valence-electron chi connectivity index (χ2n) is 3.06. The molecule has 0 aliphatic carbocycles. The van der Waals surface area contributed by atoms with Gasteiger partial charge in [-0.1, -0.05) is 12.1 Å². The van der Waals surface area contributed by atoms with Gasteiger partial charge in [-0.05, 0) is 12.1 Å². The summed E-state index contributed by atoms with van der Waals surface area (Å²) in [6.45, 7) is 0.159. The van der Waals surface area contributed by atoms with E-state index < -0.39 is 0 Å². The van der Waals surface area contributed by atoms with Crippen molar-refractivity contribution in [1.82, 2.24) is 9.97 Å². The van der Waals surface area contributed by atoms with Gasteiger partial charge >= 0.3 is 0 Å². The minimum atomic E-state index is -0.298. The van der Waals surface area contributed by atoms with Crippen LogP contribution >= 0.6 is 0 Å². The number of hydrogen-bond acceptors (Lipinski definition) is 3. The van der Waals surface area contributed by atoms with E-state index in [1.165, 1.54) is 12.4 Å². The number of halogens is 1. The summed E-state index contributed by atoms with van der Waals surface area (Å²) in [5.41, 5.74) is 7.40. The molecule has 0 aliphatic rings. The number of benzene rings is 1. The SMILES string of the molecule is NCc1c(F)cccc1-c1ccncn1. The lowest BCUT2D eigenvalue weighted by atomic mass is 10.0. The Morgan fingerprint density at radius 1 is 1.27 bits per heavy atom. The molecule has 2 aromatic rings. The van der Waals surface area contributed by atoms with Crippen molar-refractivity contribution in [1.29, 1.82) is 0 Å². The van der Waals surface area contributed by atoms with Gasteiger partial charge in [0, 0.05) is 23.9 Å². The highest BCUT2D eigenvalue weighted by atomic mass is 19.1. The first-order valence-electron chi connectivity index (χ1n) is 4.57. The summed E-state index contributed by atoms with van der Waals surface area (Å²) in [6, 6.07) is 6.57. The average Bonchev–Trinajstić information content (AvgIpc) is 2.30. The molecule has 76 valence electrons. The minimum Gasteiger partial charge on any atom is -0.326 e. The Kier molecular flexibility index (Phi) is 2.69. The van der Waals surface area contributed by atoms with Gasteiger partial charge in [-0.15, -0.1) is 0 Å². The number of nitrogens with zero attached hydrogens (tertiary/aromatic N) is 2. The fourth-order valence-corrected chi connectivity index (χ4v) is 1.46.